The predicted molar refractivity (Wildman–Crippen MR) is 118 cm³/mol. The van der Waals surface area contributed by atoms with Crippen molar-refractivity contribution >= 4 is 21.4 Å². The smallest absolute Gasteiger partial charge is 0.378 e. The molecule has 3 aliphatic carbocycles. The van der Waals surface area contributed by atoms with Gasteiger partial charge in [-0.2, -0.15) is 13.2 Å². The lowest BCUT2D eigenvalue weighted by molar-refractivity contribution is -0.181. The second-order valence-electron chi connectivity index (χ2n) is 10.1. The Morgan fingerprint density at radius 2 is 1.69 bits per heavy atom. The van der Waals surface area contributed by atoms with Crippen molar-refractivity contribution in [2.45, 2.75) is 118 Å². The zero-order valence-corrected chi connectivity index (χ0v) is 20.4. The zero-order valence-electron chi connectivity index (χ0n) is 18.8. The van der Waals surface area contributed by atoms with E-state index in [-0.39, 0.29) is 42.8 Å². The summed E-state index contributed by atoms with van der Waals surface area (Å²) in [6.07, 6.45) is 0.214. The van der Waals surface area contributed by atoms with Gasteiger partial charge < -0.3 is 4.74 Å². The van der Waals surface area contributed by atoms with Gasteiger partial charge in [-0.15, -0.1) is 11.6 Å². The van der Waals surface area contributed by atoms with E-state index in [1.165, 1.54) is 0 Å². The molecule has 3 aliphatic rings. The van der Waals surface area contributed by atoms with Crippen LogP contribution in [0.15, 0.2) is 0 Å². The summed E-state index contributed by atoms with van der Waals surface area (Å²) < 4.78 is 86.8. The van der Waals surface area contributed by atoms with Gasteiger partial charge >= 0.3 is 6.18 Å². The number of ether oxygens (including phenoxy) is 1. The molecule has 0 spiro atoms. The fourth-order valence-electron chi connectivity index (χ4n) is 6.11. The summed E-state index contributed by atoms with van der Waals surface area (Å²) in [6.45, 7) is 2.05. The fraction of sp³-hybridized carbons (Fsp3) is 1.00. The fourth-order valence-corrected chi connectivity index (χ4v) is 9.23. The first-order valence-electron chi connectivity index (χ1n) is 12.2. The zero-order chi connectivity index (χ0) is 23.5. The minimum Gasteiger partial charge on any atom is -0.378 e. The molecule has 8 atom stereocenters. The Morgan fingerprint density at radius 3 is 2.34 bits per heavy atom. The molecule has 0 aromatic heterocycles. The summed E-state index contributed by atoms with van der Waals surface area (Å²) in [5.41, 5.74) is 0. The Labute approximate surface area is 194 Å². The molecule has 0 aromatic carbocycles. The molecule has 3 rings (SSSR count). The average Bonchev–Trinajstić information content (AvgIpc) is 2.73. The van der Waals surface area contributed by atoms with Gasteiger partial charge in [0.1, 0.15) is 6.17 Å². The van der Waals surface area contributed by atoms with Gasteiger partial charge in [0.05, 0.1) is 29.1 Å². The predicted octanol–water partition coefficient (Wildman–Crippen LogP) is 6.62. The molecule has 0 N–H and O–H groups in total. The van der Waals surface area contributed by atoms with Gasteiger partial charge in [-0.05, 0) is 70.1 Å². The van der Waals surface area contributed by atoms with Crippen LogP contribution in [-0.4, -0.2) is 49.4 Å². The van der Waals surface area contributed by atoms with Crippen LogP contribution in [0.4, 0.5) is 17.6 Å². The van der Waals surface area contributed by atoms with E-state index in [1.807, 2.05) is 6.92 Å². The summed E-state index contributed by atoms with van der Waals surface area (Å²) >= 11 is 6.31. The molecule has 32 heavy (non-hydrogen) atoms. The highest BCUT2D eigenvalue weighted by Gasteiger charge is 2.48. The van der Waals surface area contributed by atoms with Gasteiger partial charge in [0.25, 0.3) is 0 Å². The summed E-state index contributed by atoms with van der Waals surface area (Å²) in [5.74, 6) is -1.99. The van der Waals surface area contributed by atoms with Crippen LogP contribution in [0.1, 0.15) is 84.0 Å². The summed E-state index contributed by atoms with van der Waals surface area (Å²) in [5, 5.41) is -1.80. The second-order valence-corrected chi connectivity index (χ2v) is 13.1. The monoisotopic (exact) mass is 504 g/mol. The van der Waals surface area contributed by atoms with Crippen molar-refractivity contribution in [3.8, 4) is 0 Å². The summed E-state index contributed by atoms with van der Waals surface area (Å²) in [6, 6.07) is 0. The van der Waals surface area contributed by atoms with Crippen LogP contribution in [0.2, 0.25) is 0 Å². The maximum atomic E-state index is 14.3. The Balaban J connectivity index is 1.62. The minimum atomic E-state index is -4.34. The van der Waals surface area contributed by atoms with Gasteiger partial charge in [-0.3, -0.25) is 0 Å². The molecular weight excluding hydrogens is 468 g/mol. The molecule has 0 saturated heterocycles. The van der Waals surface area contributed by atoms with E-state index in [2.05, 4.69) is 0 Å². The molecule has 0 radical (unpaired) electrons. The van der Waals surface area contributed by atoms with E-state index in [1.54, 1.807) is 0 Å². The molecule has 0 aromatic rings. The highest BCUT2D eigenvalue weighted by Crippen LogP contribution is 2.43. The molecule has 3 saturated carbocycles. The van der Waals surface area contributed by atoms with E-state index in [9.17, 15) is 26.0 Å². The van der Waals surface area contributed by atoms with Gasteiger partial charge in [-0.25, -0.2) is 12.8 Å². The van der Waals surface area contributed by atoms with Crippen LogP contribution < -0.4 is 0 Å². The van der Waals surface area contributed by atoms with Crippen LogP contribution >= 0.6 is 11.6 Å². The van der Waals surface area contributed by atoms with E-state index < -0.39 is 38.6 Å². The van der Waals surface area contributed by atoms with Crippen LogP contribution in [-0.2, 0) is 14.6 Å². The molecule has 0 amide bonds. The SMILES string of the molecule is CCC(C1CCCC(OCC2C(F)CCCC2Cl)C1)S(=O)(=O)C1CCCC(C(F)(F)F)C1. The number of halogens is 5. The van der Waals surface area contributed by atoms with Crippen molar-refractivity contribution in [2.24, 2.45) is 17.8 Å². The Kier molecular flexibility index (Phi) is 9.21. The Hall–Kier alpha value is -0.0800. The lowest BCUT2D eigenvalue weighted by Gasteiger charge is -2.38. The lowest BCUT2D eigenvalue weighted by Crippen LogP contribution is -2.43. The second kappa shape index (κ2) is 11.1. The van der Waals surface area contributed by atoms with Crippen molar-refractivity contribution in [1.82, 2.24) is 0 Å². The molecule has 0 heterocycles. The molecule has 3 fully saturated rings. The largest absolute Gasteiger partial charge is 0.391 e. The highest BCUT2D eigenvalue weighted by atomic mass is 35.5. The lowest BCUT2D eigenvalue weighted by atomic mass is 9.83. The summed E-state index contributed by atoms with van der Waals surface area (Å²) in [7, 11) is -3.68. The van der Waals surface area contributed by atoms with Crippen molar-refractivity contribution in [3.63, 3.8) is 0 Å². The highest BCUT2D eigenvalue weighted by molar-refractivity contribution is 7.92. The molecule has 0 aliphatic heterocycles. The maximum absolute atomic E-state index is 14.3. The van der Waals surface area contributed by atoms with E-state index in [0.29, 0.717) is 32.1 Å². The van der Waals surface area contributed by atoms with Crippen LogP contribution in [0.5, 0.6) is 0 Å². The molecular formula is C23H37ClF4O3S. The van der Waals surface area contributed by atoms with Crippen molar-refractivity contribution in [1.29, 1.82) is 0 Å². The molecule has 3 nitrogen and oxygen atoms in total. The topological polar surface area (TPSA) is 43.4 Å². The maximum Gasteiger partial charge on any atom is 0.391 e. The molecule has 8 unspecified atom stereocenters. The van der Waals surface area contributed by atoms with Crippen LogP contribution in [0.3, 0.4) is 0 Å². The number of sulfone groups is 1. The van der Waals surface area contributed by atoms with E-state index in [0.717, 1.165) is 32.1 Å². The van der Waals surface area contributed by atoms with E-state index in [4.69, 9.17) is 16.3 Å². The molecule has 0 bridgehead atoms. The first-order chi connectivity index (χ1) is 15.0. The molecule has 188 valence electrons. The van der Waals surface area contributed by atoms with Crippen molar-refractivity contribution in [2.75, 3.05) is 6.61 Å². The van der Waals surface area contributed by atoms with Gasteiger partial charge in [0.15, 0.2) is 9.84 Å². The Bertz CT molecular complexity index is 692. The first-order valence-corrected chi connectivity index (χ1v) is 14.3. The standard InChI is InChI=1S/C23H37ClF4O3S/c1-2-22(32(29,30)18-9-4-7-16(13-18)23(26,27)28)15-6-3-8-17(12-15)31-14-19-20(24)10-5-11-21(19)25/h15-22H,2-14H2,1H3. The Morgan fingerprint density at radius 1 is 1.00 bits per heavy atom. The normalized spacial score (nSPS) is 38.4. The van der Waals surface area contributed by atoms with Crippen molar-refractivity contribution in [3.05, 3.63) is 0 Å². The number of hydrogen-bond donors (Lipinski definition) is 0. The van der Waals surface area contributed by atoms with Crippen molar-refractivity contribution < 1.29 is 30.7 Å². The third-order valence-electron chi connectivity index (χ3n) is 7.98. The van der Waals surface area contributed by atoms with Gasteiger partial charge in [0, 0.05) is 11.3 Å². The van der Waals surface area contributed by atoms with Crippen LogP contribution in [0, 0.1) is 17.8 Å². The molecule has 9 heteroatoms. The third kappa shape index (κ3) is 6.32. The van der Waals surface area contributed by atoms with Gasteiger partial charge in [0.2, 0.25) is 0 Å². The quantitative estimate of drug-likeness (QED) is 0.289. The van der Waals surface area contributed by atoms with Crippen LogP contribution in [0.25, 0.3) is 0 Å². The number of alkyl halides is 5. The average molecular weight is 505 g/mol. The number of rotatable bonds is 7. The third-order valence-corrected chi connectivity index (χ3v) is 11.4. The van der Waals surface area contributed by atoms with Gasteiger partial charge in [-0.1, -0.05) is 19.8 Å². The van der Waals surface area contributed by atoms with E-state index >= 15 is 0 Å². The first kappa shape index (κ1) is 26.5. The minimum absolute atomic E-state index is 0.0178. The summed E-state index contributed by atoms with van der Waals surface area (Å²) in [4.78, 5) is 0. The number of hydrogen-bond acceptors (Lipinski definition) is 3.